The zero-order valence-electron chi connectivity index (χ0n) is 40.7. The fourth-order valence-corrected chi connectivity index (χ4v) is 12.2. The van der Waals surface area contributed by atoms with Gasteiger partial charge < -0.3 is 4.90 Å². The number of benzene rings is 13. The summed E-state index contributed by atoms with van der Waals surface area (Å²) < 4.78 is 0. The molecule has 0 aliphatic heterocycles. The van der Waals surface area contributed by atoms with Crippen LogP contribution in [0, 0.1) is 0 Å². The van der Waals surface area contributed by atoms with Gasteiger partial charge in [-0.2, -0.15) is 0 Å². The molecular weight excluding hydrogens is 891 g/mol. The van der Waals surface area contributed by atoms with Crippen molar-refractivity contribution in [2.24, 2.45) is 0 Å². The van der Waals surface area contributed by atoms with E-state index in [9.17, 15) is 0 Å². The van der Waals surface area contributed by atoms with Crippen LogP contribution in [0.2, 0.25) is 0 Å². The van der Waals surface area contributed by atoms with E-state index in [-0.39, 0.29) is 0 Å². The molecule has 0 heterocycles. The largest absolute Gasteiger partial charge is 0.310 e. The van der Waals surface area contributed by atoms with Crippen molar-refractivity contribution in [3.63, 3.8) is 0 Å². The molecule has 13 aromatic carbocycles. The van der Waals surface area contributed by atoms with Gasteiger partial charge in [-0.3, -0.25) is 0 Å². The first-order valence-corrected chi connectivity index (χ1v) is 25.7. The second-order valence-electron chi connectivity index (χ2n) is 19.5. The zero-order chi connectivity index (χ0) is 49.0. The summed E-state index contributed by atoms with van der Waals surface area (Å²) in [6.45, 7) is 0. The Morgan fingerprint density at radius 2 is 0.676 bits per heavy atom. The fraction of sp³-hybridized carbons (Fsp3) is 0.0137. The first kappa shape index (κ1) is 43.2. The Bertz CT molecular complexity index is 4160. The lowest BCUT2D eigenvalue weighted by Gasteiger charge is -2.35. The SMILES string of the molecule is c1ccc(-c2c(-c3ccccc3)c3cc(-c4ccc(N(c5ccc(-c6ccc7ccccc7c6)cc5)c5ccc6c(c5)C(c5ccccc5)(c5ccccc5)c5ccccc5-6)cc4)ccc3c3ccccc23)cc1. The highest BCUT2D eigenvalue weighted by Gasteiger charge is 2.46. The highest BCUT2D eigenvalue weighted by molar-refractivity contribution is 6.22. The monoisotopic (exact) mass is 939 g/mol. The minimum atomic E-state index is -0.527. The molecule has 0 saturated carbocycles. The number of rotatable bonds is 9. The summed E-state index contributed by atoms with van der Waals surface area (Å²) >= 11 is 0. The molecule has 0 bridgehead atoms. The standard InChI is InChI=1S/C73H49N/c1-5-20-53(21-6-1)71-67-31-16-15-29-63(67)64-45-39-57(48-68(64)72(71)54-22-7-2-8-23-54)52-37-42-61(43-38-52)74(60-40-35-51(36-41-60)56-34-33-50-19-13-14-24-55(50)47-56)62-44-46-66-65-30-17-18-32-69(65)73(70(66)49-62,58-25-9-3-10-26-58)59-27-11-4-12-28-59/h1-49H. The number of nitrogens with zero attached hydrogens (tertiary/aromatic N) is 1. The average Bonchev–Trinajstić information content (AvgIpc) is 3.86. The highest BCUT2D eigenvalue weighted by Crippen LogP contribution is 2.57. The molecule has 1 aliphatic carbocycles. The summed E-state index contributed by atoms with van der Waals surface area (Å²) in [7, 11) is 0. The molecule has 0 amide bonds. The van der Waals surface area contributed by atoms with E-state index in [0.29, 0.717) is 0 Å². The Kier molecular flexibility index (Phi) is 10.5. The van der Waals surface area contributed by atoms with Crippen molar-refractivity contribution in [3.8, 4) is 55.6 Å². The van der Waals surface area contributed by atoms with Gasteiger partial charge in [-0.1, -0.05) is 249 Å². The predicted molar refractivity (Wildman–Crippen MR) is 313 cm³/mol. The number of hydrogen-bond acceptors (Lipinski definition) is 1. The maximum atomic E-state index is 2.46. The van der Waals surface area contributed by atoms with Gasteiger partial charge in [-0.15, -0.1) is 0 Å². The van der Waals surface area contributed by atoms with E-state index < -0.39 is 5.41 Å². The van der Waals surface area contributed by atoms with Gasteiger partial charge in [0.1, 0.15) is 0 Å². The lowest BCUT2D eigenvalue weighted by Crippen LogP contribution is -2.28. The third kappa shape index (κ3) is 7.08. The molecule has 14 rings (SSSR count). The minimum Gasteiger partial charge on any atom is -0.310 e. The van der Waals surface area contributed by atoms with Crippen LogP contribution in [0.1, 0.15) is 22.3 Å². The molecule has 1 aliphatic rings. The van der Waals surface area contributed by atoms with Crippen LogP contribution in [0.4, 0.5) is 17.1 Å². The first-order valence-electron chi connectivity index (χ1n) is 25.7. The maximum Gasteiger partial charge on any atom is 0.0714 e. The predicted octanol–water partition coefficient (Wildman–Crippen LogP) is 19.6. The van der Waals surface area contributed by atoms with Crippen LogP contribution in [0.15, 0.2) is 297 Å². The summed E-state index contributed by atoms with van der Waals surface area (Å²) in [6.07, 6.45) is 0. The Morgan fingerprint density at radius 3 is 1.31 bits per heavy atom. The van der Waals surface area contributed by atoms with Gasteiger partial charge in [0.25, 0.3) is 0 Å². The molecule has 0 radical (unpaired) electrons. The van der Waals surface area contributed by atoms with E-state index in [2.05, 4.69) is 302 Å². The normalized spacial score (nSPS) is 12.4. The van der Waals surface area contributed by atoms with Crippen molar-refractivity contribution in [2.75, 3.05) is 4.90 Å². The topological polar surface area (TPSA) is 3.24 Å². The Morgan fingerprint density at radius 1 is 0.230 bits per heavy atom. The van der Waals surface area contributed by atoms with Crippen molar-refractivity contribution in [2.45, 2.75) is 5.41 Å². The van der Waals surface area contributed by atoms with Crippen LogP contribution < -0.4 is 4.90 Å². The average molecular weight is 940 g/mol. The van der Waals surface area contributed by atoms with E-state index >= 15 is 0 Å². The second-order valence-corrected chi connectivity index (χ2v) is 19.5. The van der Waals surface area contributed by atoms with Crippen LogP contribution in [-0.2, 0) is 5.41 Å². The van der Waals surface area contributed by atoms with E-state index in [0.717, 1.165) is 22.6 Å². The van der Waals surface area contributed by atoms with Crippen LogP contribution in [0.5, 0.6) is 0 Å². The Labute approximate surface area is 432 Å². The molecule has 0 aromatic heterocycles. The molecular formula is C73H49N. The smallest absolute Gasteiger partial charge is 0.0714 e. The lowest BCUT2D eigenvalue weighted by molar-refractivity contribution is 0.768. The lowest BCUT2D eigenvalue weighted by atomic mass is 9.67. The van der Waals surface area contributed by atoms with Crippen molar-refractivity contribution in [1.82, 2.24) is 0 Å². The molecule has 74 heavy (non-hydrogen) atoms. The molecule has 0 unspecified atom stereocenters. The molecule has 0 saturated heterocycles. The van der Waals surface area contributed by atoms with E-state index in [4.69, 9.17) is 0 Å². The summed E-state index contributed by atoms with van der Waals surface area (Å²) in [5.41, 5.74) is 20.0. The fourth-order valence-electron chi connectivity index (χ4n) is 12.2. The van der Waals surface area contributed by atoms with Gasteiger partial charge in [0.2, 0.25) is 0 Å². The zero-order valence-corrected chi connectivity index (χ0v) is 40.7. The van der Waals surface area contributed by atoms with Gasteiger partial charge >= 0.3 is 0 Å². The van der Waals surface area contributed by atoms with Gasteiger partial charge in [-0.25, -0.2) is 0 Å². The molecule has 0 spiro atoms. The van der Waals surface area contributed by atoms with Crippen LogP contribution >= 0.6 is 0 Å². The highest BCUT2D eigenvalue weighted by atomic mass is 15.1. The van der Waals surface area contributed by atoms with Gasteiger partial charge in [0.05, 0.1) is 5.41 Å². The summed E-state index contributed by atoms with van der Waals surface area (Å²) in [5, 5.41) is 7.48. The van der Waals surface area contributed by atoms with Crippen molar-refractivity contribution >= 4 is 49.4 Å². The van der Waals surface area contributed by atoms with Crippen LogP contribution in [-0.4, -0.2) is 0 Å². The molecule has 0 atom stereocenters. The minimum absolute atomic E-state index is 0.527. The first-order chi connectivity index (χ1) is 36.7. The van der Waals surface area contributed by atoms with Gasteiger partial charge in [-0.05, 0) is 159 Å². The second kappa shape index (κ2) is 17.9. The molecule has 1 heteroatoms. The van der Waals surface area contributed by atoms with Gasteiger partial charge in [0, 0.05) is 17.1 Å². The van der Waals surface area contributed by atoms with Crippen molar-refractivity contribution in [3.05, 3.63) is 320 Å². The molecule has 0 N–H and O–H groups in total. The van der Waals surface area contributed by atoms with Crippen LogP contribution in [0.3, 0.4) is 0 Å². The Balaban J connectivity index is 0.940. The summed E-state index contributed by atoms with van der Waals surface area (Å²) in [6, 6.07) is 110. The molecule has 346 valence electrons. The van der Waals surface area contributed by atoms with Crippen molar-refractivity contribution in [1.29, 1.82) is 0 Å². The summed E-state index contributed by atoms with van der Waals surface area (Å²) in [4.78, 5) is 2.43. The third-order valence-electron chi connectivity index (χ3n) is 15.5. The molecule has 1 nitrogen and oxygen atoms in total. The molecule has 0 fully saturated rings. The summed E-state index contributed by atoms with van der Waals surface area (Å²) in [5.74, 6) is 0. The number of hydrogen-bond donors (Lipinski definition) is 0. The van der Waals surface area contributed by atoms with E-state index in [1.165, 1.54) is 105 Å². The van der Waals surface area contributed by atoms with E-state index in [1.54, 1.807) is 0 Å². The third-order valence-corrected chi connectivity index (χ3v) is 15.5. The molecule has 13 aromatic rings. The maximum absolute atomic E-state index is 2.46. The van der Waals surface area contributed by atoms with Gasteiger partial charge in [0.15, 0.2) is 0 Å². The number of anilines is 3. The Hall–Kier alpha value is -9.56. The number of fused-ring (bicyclic) bond motifs is 7. The van der Waals surface area contributed by atoms with E-state index in [1.807, 2.05) is 0 Å². The van der Waals surface area contributed by atoms with Crippen molar-refractivity contribution < 1.29 is 0 Å². The quantitative estimate of drug-likeness (QED) is 0.130. The van der Waals surface area contributed by atoms with Crippen LogP contribution in [0.25, 0.3) is 88.0 Å².